The molecule has 0 saturated carbocycles. The van der Waals surface area contributed by atoms with Gasteiger partial charge < -0.3 is 4.74 Å². The van der Waals surface area contributed by atoms with Crippen LogP contribution in [0.1, 0.15) is 6.92 Å². The number of ether oxygens (including phenoxy) is 1. The van der Waals surface area contributed by atoms with Crippen LogP contribution >= 0.6 is 15.9 Å². The van der Waals surface area contributed by atoms with Gasteiger partial charge in [0.15, 0.2) is 5.65 Å². The van der Waals surface area contributed by atoms with Gasteiger partial charge in [0, 0.05) is 5.56 Å². The van der Waals surface area contributed by atoms with Crippen molar-refractivity contribution in [3.63, 3.8) is 0 Å². The Balaban J connectivity index is 1.56. The monoisotopic (exact) mass is 399 g/mol. The van der Waals surface area contributed by atoms with E-state index in [-0.39, 0.29) is 6.10 Å². The second-order valence-electron chi connectivity index (χ2n) is 5.56. The van der Waals surface area contributed by atoms with Crippen LogP contribution in [0.15, 0.2) is 53.5 Å². The lowest BCUT2D eigenvalue weighted by atomic mass is 10.1. The lowest BCUT2D eigenvalue weighted by Gasteiger charge is -2.14. The lowest BCUT2D eigenvalue weighted by Crippen LogP contribution is -2.20. The van der Waals surface area contributed by atoms with Gasteiger partial charge in [-0.2, -0.15) is 5.10 Å². The Kier molecular flexibility index (Phi) is 4.14. The van der Waals surface area contributed by atoms with Gasteiger partial charge in [0.05, 0.1) is 18.4 Å². The highest BCUT2D eigenvalue weighted by Gasteiger charge is 2.09. The zero-order valence-electron chi connectivity index (χ0n) is 13.3. The Bertz CT molecular complexity index is 999. The number of imidazole rings is 1. The Morgan fingerprint density at radius 3 is 3.00 bits per heavy atom. The predicted octanol–water partition coefficient (Wildman–Crippen LogP) is 2.61. The topological polar surface area (TPSA) is 83.0 Å². The van der Waals surface area contributed by atoms with Crippen molar-refractivity contribution in [3.8, 4) is 17.0 Å². The van der Waals surface area contributed by atoms with Crippen molar-refractivity contribution in [1.29, 1.82) is 0 Å². The molecular weight excluding hydrogens is 386 g/mol. The third kappa shape index (κ3) is 3.36. The maximum atomic E-state index is 5.97. The standard InChI is InChI=1S/C16H14BrN7O/c1-11(9-23-10-19-21-22-23)25-13-4-2-3-12(7-13)14-5-6-16-18-8-15(17)24(16)20-14/h2-8,10-11H,9H2,1H3/t11-/m0/s1. The Labute approximate surface area is 151 Å². The SMILES string of the molecule is C[C@@H](Cn1cnnn1)Oc1cccc(-c2ccc3ncc(Br)n3n2)c1. The minimum atomic E-state index is -0.0722. The van der Waals surface area contributed by atoms with Gasteiger partial charge in [0.1, 0.15) is 22.8 Å². The first kappa shape index (κ1) is 15.7. The number of nitrogens with zero attached hydrogens (tertiary/aromatic N) is 7. The van der Waals surface area contributed by atoms with E-state index < -0.39 is 0 Å². The highest BCUT2D eigenvalue weighted by Crippen LogP contribution is 2.24. The number of fused-ring (bicyclic) bond motifs is 1. The number of aromatic nitrogens is 7. The lowest BCUT2D eigenvalue weighted by molar-refractivity contribution is 0.193. The first-order valence-corrected chi connectivity index (χ1v) is 8.46. The molecule has 0 fully saturated rings. The predicted molar refractivity (Wildman–Crippen MR) is 94.0 cm³/mol. The molecule has 0 amide bonds. The van der Waals surface area contributed by atoms with Gasteiger partial charge in [0.2, 0.25) is 0 Å². The average Bonchev–Trinajstić information content (AvgIpc) is 3.25. The van der Waals surface area contributed by atoms with Crippen molar-refractivity contribution < 1.29 is 4.74 Å². The number of hydrogen-bond acceptors (Lipinski definition) is 6. The zero-order chi connectivity index (χ0) is 17.2. The average molecular weight is 400 g/mol. The van der Waals surface area contributed by atoms with Gasteiger partial charge in [-0.1, -0.05) is 12.1 Å². The molecule has 0 bridgehead atoms. The van der Waals surface area contributed by atoms with Gasteiger partial charge in [-0.25, -0.2) is 14.2 Å². The van der Waals surface area contributed by atoms with Gasteiger partial charge in [-0.3, -0.25) is 0 Å². The Hall–Kier alpha value is -2.81. The number of rotatable bonds is 5. The molecule has 126 valence electrons. The summed E-state index contributed by atoms with van der Waals surface area (Å²) in [7, 11) is 0. The molecule has 0 spiro atoms. The van der Waals surface area contributed by atoms with E-state index in [1.807, 2.05) is 43.3 Å². The summed E-state index contributed by atoms with van der Waals surface area (Å²) in [6.07, 6.45) is 3.22. The molecule has 4 rings (SSSR count). The van der Waals surface area contributed by atoms with Gasteiger partial charge in [-0.15, -0.1) is 5.10 Å². The molecule has 0 aliphatic heterocycles. The molecule has 8 nitrogen and oxygen atoms in total. The van der Waals surface area contributed by atoms with Gasteiger partial charge in [-0.05, 0) is 57.5 Å². The number of tetrazole rings is 1. The first-order valence-electron chi connectivity index (χ1n) is 7.67. The van der Waals surface area contributed by atoms with Crippen LogP contribution in [0.2, 0.25) is 0 Å². The van der Waals surface area contributed by atoms with E-state index in [2.05, 4.69) is 41.5 Å². The normalized spacial score (nSPS) is 12.4. The van der Waals surface area contributed by atoms with Crippen molar-refractivity contribution in [2.45, 2.75) is 19.6 Å². The Morgan fingerprint density at radius 2 is 2.16 bits per heavy atom. The molecule has 3 heterocycles. The summed E-state index contributed by atoms with van der Waals surface area (Å²) in [5.74, 6) is 0.768. The summed E-state index contributed by atoms with van der Waals surface area (Å²) < 4.78 is 10.2. The molecule has 1 atom stereocenters. The van der Waals surface area contributed by atoms with E-state index in [0.29, 0.717) is 6.54 Å². The van der Waals surface area contributed by atoms with Crippen molar-refractivity contribution in [2.75, 3.05) is 0 Å². The van der Waals surface area contributed by atoms with Gasteiger partial charge >= 0.3 is 0 Å². The number of benzene rings is 1. The third-order valence-corrected chi connectivity index (χ3v) is 4.16. The molecule has 0 N–H and O–H groups in total. The van der Waals surface area contributed by atoms with Crippen molar-refractivity contribution in [3.05, 3.63) is 53.5 Å². The quantitative estimate of drug-likeness (QED) is 0.512. The van der Waals surface area contributed by atoms with E-state index in [0.717, 1.165) is 27.3 Å². The number of halogens is 1. The summed E-state index contributed by atoms with van der Waals surface area (Å²) in [6, 6.07) is 11.7. The maximum absolute atomic E-state index is 5.97. The molecule has 0 aliphatic carbocycles. The molecule has 25 heavy (non-hydrogen) atoms. The van der Waals surface area contributed by atoms with Crippen LogP contribution in [0.4, 0.5) is 0 Å². The minimum Gasteiger partial charge on any atom is -0.489 e. The molecule has 9 heteroatoms. The van der Waals surface area contributed by atoms with Crippen LogP contribution in [0.3, 0.4) is 0 Å². The van der Waals surface area contributed by atoms with Crippen molar-refractivity contribution in [2.24, 2.45) is 0 Å². The summed E-state index contributed by atoms with van der Waals surface area (Å²) >= 11 is 3.44. The highest BCUT2D eigenvalue weighted by molar-refractivity contribution is 9.10. The molecule has 0 radical (unpaired) electrons. The molecular formula is C16H14BrN7O. The molecule has 4 aromatic rings. The number of hydrogen-bond donors (Lipinski definition) is 0. The molecule has 0 aliphatic rings. The smallest absolute Gasteiger partial charge is 0.154 e. The van der Waals surface area contributed by atoms with E-state index in [4.69, 9.17) is 4.74 Å². The molecule has 0 unspecified atom stereocenters. The zero-order valence-corrected chi connectivity index (χ0v) is 14.9. The maximum Gasteiger partial charge on any atom is 0.154 e. The van der Waals surface area contributed by atoms with Gasteiger partial charge in [0.25, 0.3) is 0 Å². The van der Waals surface area contributed by atoms with Crippen molar-refractivity contribution in [1.82, 2.24) is 34.8 Å². The Morgan fingerprint density at radius 1 is 1.24 bits per heavy atom. The minimum absolute atomic E-state index is 0.0722. The van der Waals surface area contributed by atoms with E-state index in [1.54, 1.807) is 21.7 Å². The summed E-state index contributed by atoms with van der Waals surface area (Å²) in [6.45, 7) is 2.55. The largest absolute Gasteiger partial charge is 0.489 e. The van der Waals surface area contributed by atoms with Crippen LogP contribution in [0.25, 0.3) is 16.9 Å². The van der Waals surface area contributed by atoms with Crippen LogP contribution in [0.5, 0.6) is 5.75 Å². The van der Waals surface area contributed by atoms with Crippen LogP contribution in [-0.4, -0.2) is 40.9 Å². The fraction of sp³-hybridized carbons (Fsp3) is 0.188. The molecule has 3 aromatic heterocycles. The second-order valence-corrected chi connectivity index (χ2v) is 6.37. The summed E-state index contributed by atoms with van der Waals surface area (Å²) in [4.78, 5) is 4.26. The van der Waals surface area contributed by atoms with Crippen LogP contribution < -0.4 is 4.74 Å². The van der Waals surface area contributed by atoms with Crippen LogP contribution in [0, 0.1) is 0 Å². The molecule has 0 saturated heterocycles. The summed E-state index contributed by atoms with van der Waals surface area (Å²) in [5, 5.41) is 15.7. The third-order valence-electron chi connectivity index (χ3n) is 3.62. The fourth-order valence-electron chi connectivity index (χ4n) is 2.52. The molecule has 1 aromatic carbocycles. The summed E-state index contributed by atoms with van der Waals surface area (Å²) in [5.41, 5.74) is 2.59. The fourth-order valence-corrected chi connectivity index (χ4v) is 2.89. The van der Waals surface area contributed by atoms with E-state index >= 15 is 0 Å². The first-order chi connectivity index (χ1) is 12.2. The van der Waals surface area contributed by atoms with E-state index in [1.165, 1.54) is 0 Å². The van der Waals surface area contributed by atoms with Crippen LogP contribution in [-0.2, 0) is 6.54 Å². The van der Waals surface area contributed by atoms with Crippen molar-refractivity contribution >= 4 is 21.6 Å². The second kappa shape index (κ2) is 6.60. The highest BCUT2D eigenvalue weighted by atomic mass is 79.9. The van der Waals surface area contributed by atoms with E-state index in [9.17, 15) is 0 Å².